The maximum absolute atomic E-state index is 11.7. The van der Waals surface area contributed by atoms with Gasteiger partial charge < -0.3 is 10.4 Å². The summed E-state index contributed by atoms with van der Waals surface area (Å²) in [6.07, 6.45) is 0. The van der Waals surface area contributed by atoms with Gasteiger partial charge in [-0.25, -0.2) is 0 Å². The van der Waals surface area contributed by atoms with Crippen LogP contribution in [0.5, 0.6) is 0 Å². The lowest BCUT2D eigenvalue weighted by molar-refractivity contribution is 0.0922. The first-order valence-corrected chi connectivity index (χ1v) is 5.99. The molecule has 0 aliphatic heterocycles. The Kier molecular flexibility index (Phi) is 4.76. The molecule has 1 atom stereocenters. The number of benzene rings is 1. The van der Waals surface area contributed by atoms with Crippen LogP contribution in [0.3, 0.4) is 0 Å². The van der Waals surface area contributed by atoms with E-state index in [0.29, 0.717) is 5.56 Å². The van der Waals surface area contributed by atoms with Crippen molar-refractivity contribution in [1.82, 2.24) is 5.32 Å². The number of hydrogen-bond donors (Lipinski definition) is 2. The molecule has 0 aliphatic carbocycles. The van der Waals surface area contributed by atoms with E-state index in [1.165, 1.54) is 0 Å². The molecule has 0 spiro atoms. The Morgan fingerprint density at radius 1 is 1.40 bits per heavy atom. The maximum Gasteiger partial charge on any atom is 0.251 e. The topological polar surface area (TPSA) is 49.3 Å². The lowest BCUT2D eigenvalue weighted by atomic mass is 10.2. The molecule has 0 saturated carbocycles. The van der Waals surface area contributed by atoms with Gasteiger partial charge in [-0.3, -0.25) is 4.79 Å². The molecule has 5 heteroatoms. The van der Waals surface area contributed by atoms with E-state index in [9.17, 15) is 4.79 Å². The van der Waals surface area contributed by atoms with Crippen LogP contribution in [0.25, 0.3) is 0 Å². The van der Waals surface area contributed by atoms with Gasteiger partial charge in [0.05, 0.1) is 6.61 Å². The minimum absolute atomic E-state index is 0.0685. The number of rotatable bonds is 3. The van der Waals surface area contributed by atoms with Gasteiger partial charge in [-0.1, -0.05) is 31.9 Å². The molecule has 0 heterocycles. The summed E-state index contributed by atoms with van der Waals surface area (Å²) in [6, 6.07) is 5.07. The molecule has 0 aromatic heterocycles. The van der Waals surface area contributed by atoms with Crippen LogP contribution in [0.1, 0.15) is 17.3 Å². The Bertz CT molecular complexity index is 348. The van der Waals surface area contributed by atoms with Crippen LogP contribution in [0.4, 0.5) is 0 Å². The molecular formula is C10H11Br2NO2. The second kappa shape index (κ2) is 5.63. The molecular weight excluding hydrogens is 326 g/mol. The summed E-state index contributed by atoms with van der Waals surface area (Å²) in [7, 11) is 0. The van der Waals surface area contributed by atoms with E-state index in [1.54, 1.807) is 19.1 Å². The Balaban J connectivity index is 2.82. The third kappa shape index (κ3) is 3.93. The number of hydrogen-bond acceptors (Lipinski definition) is 2. The SMILES string of the molecule is C[C@H](CO)NC(=O)c1cc(Br)cc(Br)c1. The smallest absolute Gasteiger partial charge is 0.251 e. The standard InChI is InChI=1S/C10H11Br2NO2/c1-6(5-14)13-10(15)7-2-8(11)4-9(12)3-7/h2-4,6,14H,5H2,1H3,(H,13,15)/t6-/m1/s1. The Hall–Kier alpha value is -0.390. The summed E-state index contributed by atoms with van der Waals surface area (Å²) in [5.41, 5.74) is 0.552. The van der Waals surface area contributed by atoms with E-state index in [1.807, 2.05) is 6.07 Å². The van der Waals surface area contributed by atoms with Gasteiger partial charge in [-0.05, 0) is 25.1 Å². The molecule has 3 nitrogen and oxygen atoms in total. The van der Waals surface area contributed by atoms with Crippen LogP contribution in [-0.4, -0.2) is 23.7 Å². The first-order valence-electron chi connectivity index (χ1n) is 4.40. The molecule has 1 amide bonds. The van der Waals surface area contributed by atoms with Crippen molar-refractivity contribution in [2.45, 2.75) is 13.0 Å². The normalized spacial score (nSPS) is 12.3. The molecule has 0 radical (unpaired) electrons. The molecule has 0 saturated heterocycles. The summed E-state index contributed by atoms with van der Waals surface area (Å²) >= 11 is 6.61. The largest absolute Gasteiger partial charge is 0.394 e. The summed E-state index contributed by atoms with van der Waals surface area (Å²) in [5.74, 6) is -0.196. The third-order valence-corrected chi connectivity index (χ3v) is 2.69. The highest BCUT2D eigenvalue weighted by molar-refractivity contribution is 9.11. The maximum atomic E-state index is 11.7. The van der Waals surface area contributed by atoms with Gasteiger partial charge in [-0.15, -0.1) is 0 Å². The number of carbonyl (C=O) groups is 1. The van der Waals surface area contributed by atoms with E-state index in [4.69, 9.17) is 5.11 Å². The molecule has 0 fully saturated rings. The molecule has 1 aromatic carbocycles. The van der Waals surface area contributed by atoms with Gasteiger partial charge in [0.25, 0.3) is 5.91 Å². The summed E-state index contributed by atoms with van der Waals surface area (Å²) in [4.78, 5) is 11.7. The first-order chi connectivity index (χ1) is 7.02. The lowest BCUT2D eigenvalue weighted by Gasteiger charge is -2.11. The zero-order valence-corrected chi connectivity index (χ0v) is 11.3. The van der Waals surface area contributed by atoms with Crippen molar-refractivity contribution in [1.29, 1.82) is 0 Å². The summed E-state index contributed by atoms with van der Waals surface area (Å²) < 4.78 is 1.66. The second-order valence-electron chi connectivity index (χ2n) is 3.22. The van der Waals surface area contributed by atoms with Crippen LogP contribution in [0.2, 0.25) is 0 Å². The minimum atomic E-state index is -0.241. The van der Waals surface area contributed by atoms with E-state index < -0.39 is 0 Å². The fraction of sp³-hybridized carbons (Fsp3) is 0.300. The molecule has 0 bridgehead atoms. The zero-order valence-electron chi connectivity index (χ0n) is 8.13. The van der Waals surface area contributed by atoms with Crippen molar-refractivity contribution in [3.63, 3.8) is 0 Å². The van der Waals surface area contributed by atoms with E-state index in [0.717, 1.165) is 8.95 Å². The highest BCUT2D eigenvalue weighted by Gasteiger charge is 2.09. The highest BCUT2D eigenvalue weighted by Crippen LogP contribution is 2.20. The number of amides is 1. The van der Waals surface area contributed by atoms with Crippen LogP contribution in [0.15, 0.2) is 27.1 Å². The number of aliphatic hydroxyl groups excluding tert-OH is 1. The summed E-state index contributed by atoms with van der Waals surface area (Å²) in [6.45, 7) is 1.67. The van der Waals surface area contributed by atoms with Crippen molar-refractivity contribution < 1.29 is 9.90 Å². The summed E-state index contributed by atoms with van der Waals surface area (Å²) in [5, 5.41) is 11.5. The molecule has 0 aliphatic rings. The Labute approximate surface area is 105 Å². The molecule has 2 N–H and O–H groups in total. The molecule has 1 aromatic rings. The van der Waals surface area contributed by atoms with E-state index in [-0.39, 0.29) is 18.6 Å². The van der Waals surface area contributed by atoms with Crippen LogP contribution in [-0.2, 0) is 0 Å². The Morgan fingerprint density at radius 3 is 2.40 bits per heavy atom. The molecule has 0 unspecified atom stereocenters. The van der Waals surface area contributed by atoms with Crippen LogP contribution < -0.4 is 5.32 Å². The van der Waals surface area contributed by atoms with Crippen molar-refractivity contribution in [2.75, 3.05) is 6.61 Å². The molecule has 1 rings (SSSR count). The first kappa shape index (κ1) is 12.7. The number of nitrogens with one attached hydrogen (secondary N) is 1. The lowest BCUT2D eigenvalue weighted by Crippen LogP contribution is -2.34. The number of carbonyl (C=O) groups excluding carboxylic acids is 1. The zero-order chi connectivity index (χ0) is 11.4. The van der Waals surface area contributed by atoms with Crippen molar-refractivity contribution in [3.8, 4) is 0 Å². The predicted molar refractivity (Wildman–Crippen MR) is 65.9 cm³/mol. The Morgan fingerprint density at radius 2 is 1.93 bits per heavy atom. The fourth-order valence-corrected chi connectivity index (χ4v) is 2.33. The van der Waals surface area contributed by atoms with Gasteiger partial charge in [0.15, 0.2) is 0 Å². The fourth-order valence-electron chi connectivity index (χ4n) is 1.04. The molecule has 15 heavy (non-hydrogen) atoms. The quantitative estimate of drug-likeness (QED) is 0.890. The van der Waals surface area contributed by atoms with Crippen molar-refractivity contribution >= 4 is 37.8 Å². The minimum Gasteiger partial charge on any atom is -0.394 e. The monoisotopic (exact) mass is 335 g/mol. The highest BCUT2D eigenvalue weighted by atomic mass is 79.9. The average Bonchev–Trinajstić information content (AvgIpc) is 2.16. The predicted octanol–water partition coefficient (Wildman–Crippen LogP) is 2.32. The number of halogens is 2. The van der Waals surface area contributed by atoms with Crippen LogP contribution in [0, 0.1) is 0 Å². The van der Waals surface area contributed by atoms with Gasteiger partial charge in [0, 0.05) is 20.6 Å². The number of aliphatic hydroxyl groups is 1. The van der Waals surface area contributed by atoms with Gasteiger partial charge in [0.2, 0.25) is 0 Å². The van der Waals surface area contributed by atoms with E-state index in [2.05, 4.69) is 37.2 Å². The van der Waals surface area contributed by atoms with Gasteiger partial charge in [-0.2, -0.15) is 0 Å². The van der Waals surface area contributed by atoms with Crippen molar-refractivity contribution in [3.05, 3.63) is 32.7 Å². The van der Waals surface area contributed by atoms with Crippen LogP contribution >= 0.6 is 31.9 Å². The van der Waals surface area contributed by atoms with E-state index >= 15 is 0 Å². The van der Waals surface area contributed by atoms with Crippen molar-refractivity contribution in [2.24, 2.45) is 0 Å². The van der Waals surface area contributed by atoms with Gasteiger partial charge in [0.1, 0.15) is 0 Å². The van der Waals surface area contributed by atoms with Gasteiger partial charge >= 0.3 is 0 Å². The average molecular weight is 337 g/mol. The second-order valence-corrected chi connectivity index (χ2v) is 5.05. The third-order valence-electron chi connectivity index (χ3n) is 1.78. The molecule has 82 valence electrons.